The second-order valence-electron chi connectivity index (χ2n) is 5.79. The van der Waals surface area contributed by atoms with E-state index in [1.165, 1.54) is 18.7 Å². The molecule has 27 heavy (non-hydrogen) atoms. The van der Waals surface area contributed by atoms with Gasteiger partial charge in [-0.2, -0.15) is 0 Å². The zero-order valence-electron chi connectivity index (χ0n) is 14.8. The second kappa shape index (κ2) is 7.98. The fourth-order valence-electron chi connectivity index (χ4n) is 2.82. The molecule has 3 amide bonds. The summed E-state index contributed by atoms with van der Waals surface area (Å²) in [5, 5.41) is 3.02. The standard InChI is InChI=1S/C20H17ClN2O3S/c1-3-27-18-17(13-8-10-14(11-9-13)22-12(2)24)19(25)23(20(18)26)16-7-5-4-6-15(16)21/h4-11H,3H2,1-2H3,(H,22,24). The quantitative estimate of drug-likeness (QED) is 0.758. The van der Waals surface area contributed by atoms with Crippen molar-refractivity contribution in [2.75, 3.05) is 16.0 Å². The van der Waals surface area contributed by atoms with Gasteiger partial charge in [0.05, 0.1) is 21.2 Å². The number of benzene rings is 2. The summed E-state index contributed by atoms with van der Waals surface area (Å²) in [4.78, 5) is 38.8. The molecule has 0 radical (unpaired) electrons. The van der Waals surface area contributed by atoms with Gasteiger partial charge < -0.3 is 5.32 Å². The maximum atomic E-state index is 13.1. The normalized spacial score (nSPS) is 14.1. The highest BCUT2D eigenvalue weighted by Crippen LogP contribution is 2.40. The molecular weight excluding hydrogens is 384 g/mol. The zero-order valence-corrected chi connectivity index (χ0v) is 16.4. The Morgan fingerprint density at radius 2 is 1.74 bits per heavy atom. The summed E-state index contributed by atoms with van der Waals surface area (Å²) in [5.41, 5.74) is 1.96. The van der Waals surface area contributed by atoms with Crippen molar-refractivity contribution in [1.82, 2.24) is 0 Å². The number of nitrogens with one attached hydrogen (secondary N) is 1. The smallest absolute Gasteiger partial charge is 0.272 e. The Hall–Kier alpha value is -2.57. The lowest BCUT2D eigenvalue weighted by molar-refractivity contribution is -0.120. The van der Waals surface area contributed by atoms with E-state index in [0.29, 0.717) is 38.2 Å². The van der Waals surface area contributed by atoms with Crippen molar-refractivity contribution in [3.63, 3.8) is 0 Å². The number of rotatable bonds is 5. The minimum Gasteiger partial charge on any atom is -0.326 e. The average molecular weight is 401 g/mol. The fourth-order valence-corrected chi connectivity index (χ4v) is 3.89. The molecule has 0 fully saturated rings. The van der Waals surface area contributed by atoms with Crippen molar-refractivity contribution < 1.29 is 14.4 Å². The molecule has 0 unspecified atom stereocenters. The minimum atomic E-state index is -0.406. The van der Waals surface area contributed by atoms with Crippen molar-refractivity contribution in [3.8, 4) is 0 Å². The molecule has 0 aliphatic carbocycles. The SMILES string of the molecule is CCSC1=C(c2ccc(NC(C)=O)cc2)C(=O)N(c2ccccc2Cl)C1=O. The summed E-state index contributed by atoms with van der Waals surface area (Å²) in [6, 6.07) is 13.6. The molecule has 2 aromatic carbocycles. The van der Waals surface area contributed by atoms with Gasteiger partial charge in [-0.05, 0) is 35.6 Å². The number of amides is 3. The average Bonchev–Trinajstić information content (AvgIpc) is 2.87. The Bertz CT molecular complexity index is 954. The van der Waals surface area contributed by atoms with Gasteiger partial charge in [-0.3, -0.25) is 14.4 Å². The third kappa shape index (κ3) is 3.77. The lowest BCUT2D eigenvalue weighted by Gasteiger charge is -2.16. The van der Waals surface area contributed by atoms with Crippen LogP contribution in [-0.2, 0) is 14.4 Å². The van der Waals surface area contributed by atoms with Gasteiger partial charge in [0.2, 0.25) is 5.91 Å². The number of halogens is 1. The third-order valence-corrected chi connectivity index (χ3v) is 5.19. The molecule has 1 aliphatic rings. The Labute approximate surface area is 166 Å². The van der Waals surface area contributed by atoms with Gasteiger partial charge in [-0.15, -0.1) is 11.8 Å². The monoisotopic (exact) mass is 400 g/mol. The first-order valence-electron chi connectivity index (χ1n) is 8.32. The van der Waals surface area contributed by atoms with E-state index in [9.17, 15) is 14.4 Å². The predicted molar refractivity (Wildman–Crippen MR) is 110 cm³/mol. The zero-order chi connectivity index (χ0) is 19.6. The van der Waals surface area contributed by atoms with Gasteiger partial charge in [-0.25, -0.2) is 4.90 Å². The Morgan fingerprint density at radius 1 is 1.07 bits per heavy atom. The van der Waals surface area contributed by atoms with Crippen LogP contribution in [-0.4, -0.2) is 23.5 Å². The maximum Gasteiger partial charge on any atom is 0.272 e. The summed E-state index contributed by atoms with van der Waals surface area (Å²) in [6.45, 7) is 3.35. The first-order chi connectivity index (χ1) is 12.9. The van der Waals surface area contributed by atoms with Gasteiger partial charge in [0, 0.05) is 12.6 Å². The number of carbonyl (C=O) groups excluding carboxylic acids is 3. The van der Waals surface area contributed by atoms with Crippen molar-refractivity contribution in [3.05, 3.63) is 64.0 Å². The second-order valence-corrected chi connectivity index (χ2v) is 7.47. The molecule has 1 N–H and O–H groups in total. The van der Waals surface area contributed by atoms with E-state index in [2.05, 4.69) is 5.32 Å². The van der Waals surface area contributed by atoms with Gasteiger partial charge in [0.15, 0.2) is 0 Å². The molecule has 0 atom stereocenters. The van der Waals surface area contributed by atoms with Crippen LogP contribution in [0.15, 0.2) is 53.4 Å². The summed E-state index contributed by atoms with van der Waals surface area (Å²) >= 11 is 7.54. The molecule has 0 bridgehead atoms. The van der Waals surface area contributed by atoms with Gasteiger partial charge in [-0.1, -0.05) is 42.8 Å². The van der Waals surface area contributed by atoms with E-state index >= 15 is 0 Å². The van der Waals surface area contributed by atoms with Crippen molar-refractivity contribution in [2.45, 2.75) is 13.8 Å². The molecule has 0 aromatic heterocycles. The molecule has 0 saturated heterocycles. The third-order valence-electron chi connectivity index (χ3n) is 3.92. The van der Waals surface area contributed by atoms with E-state index < -0.39 is 5.91 Å². The molecule has 1 heterocycles. The van der Waals surface area contributed by atoms with Crippen molar-refractivity contribution in [1.29, 1.82) is 0 Å². The number of imide groups is 1. The Balaban J connectivity index is 2.03. The number of nitrogens with zero attached hydrogens (tertiary/aromatic N) is 1. The number of carbonyl (C=O) groups is 3. The first-order valence-corrected chi connectivity index (χ1v) is 9.68. The predicted octanol–water partition coefficient (Wildman–Crippen LogP) is 4.34. The molecule has 3 rings (SSSR count). The van der Waals surface area contributed by atoms with Crippen LogP contribution in [0.25, 0.3) is 5.57 Å². The van der Waals surface area contributed by atoms with Crippen LogP contribution in [0.1, 0.15) is 19.4 Å². The van der Waals surface area contributed by atoms with E-state index in [1.54, 1.807) is 48.5 Å². The number of hydrogen-bond donors (Lipinski definition) is 1. The highest BCUT2D eigenvalue weighted by Gasteiger charge is 2.40. The summed E-state index contributed by atoms with van der Waals surface area (Å²) in [7, 11) is 0. The number of thioether (sulfide) groups is 1. The minimum absolute atomic E-state index is 0.179. The molecule has 138 valence electrons. The topological polar surface area (TPSA) is 66.5 Å². The van der Waals surface area contributed by atoms with Gasteiger partial charge in [0.1, 0.15) is 0 Å². The first kappa shape index (κ1) is 19.2. The van der Waals surface area contributed by atoms with Crippen LogP contribution < -0.4 is 10.2 Å². The molecule has 7 heteroatoms. The van der Waals surface area contributed by atoms with Crippen LogP contribution >= 0.6 is 23.4 Å². The highest BCUT2D eigenvalue weighted by molar-refractivity contribution is 8.04. The summed E-state index contributed by atoms with van der Waals surface area (Å²) < 4.78 is 0. The number of para-hydroxylation sites is 1. The van der Waals surface area contributed by atoms with Crippen LogP contribution in [0, 0.1) is 0 Å². The molecule has 1 aliphatic heterocycles. The molecular formula is C20H17ClN2O3S. The van der Waals surface area contributed by atoms with Crippen molar-refractivity contribution in [2.24, 2.45) is 0 Å². The largest absolute Gasteiger partial charge is 0.326 e. The van der Waals surface area contributed by atoms with E-state index in [-0.39, 0.29) is 11.8 Å². The lowest BCUT2D eigenvalue weighted by atomic mass is 10.1. The van der Waals surface area contributed by atoms with E-state index in [0.717, 1.165) is 4.90 Å². The molecule has 5 nitrogen and oxygen atoms in total. The van der Waals surface area contributed by atoms with E-state index in [4.69, 9.17) is 11.6 Å². The molecule has 0 saturated carbocycles. The van der Waals surface area contributed by atoms with Crippen molar-refractivity contribution >= 4 is 58.0 Å². The molecule has 0 spiro atoms. The molecule has 2 aromatic rings. The fraction of sp³-hybridized carbons (Fsp3) is 0.150. The van der Waals surface area contributed by atoms with Crippen LogP contribution in [0.3, 0.4) is 0 Å². The summed E-state index contributed by atoms with van der Waals surface area (Å²) in [6.07, 6.45) is 0. The Kier molecular flexibility index (Phi) is 5.68. The van der Waals surface area contributed by atoms with E-state index in [1.807, 2.05) is 6.92 Å². The lowest BCUT2D eigenvalue weighted by Crippen LogP contribution is -2.31. The van der Waals surface area contributed by atoms with Crippen LogP contribution in [0.2, 0.25) is 5.02 Å². The van der Waals surface area contributed by atoms with Crippen LogP contribution in [0.5, 0.6) is 0 Å². The highest BCUT2D eigenvalue weighted by atomic mass is 35.5. The van der Waals surface area contributed by atoms with Gasteiger partial charge >= 0.3 is 0 Å². The number of hydrogen-bond acceptors (Lipinski definition) is 4. The summed E-state index contributed by atoms with van der Waals surface area (Å²) in [5.74, 6) is -0.309. The van der Waals surface area contributed by atoms with Crippen LogP contribution in [0.4, 0.5) is 11.4 Å². The Morgan fingerprint density at radius 3 is 2.33 bits per heavy atom. The number of anilines is 2. The maximum absolute atomic E-state index is 13.1. The van der Waals surface area contributed by atoms with Gasteiger partial charge in [0.25, 0.3) is 11.8 Å².